The maximum Gasteiger partial charge on any atom is 0.135 e. The molecule has 2 N–H and O–H groups in total. The summed E-state index contributed by atoms with van der Waals surface area (Å²) in [5, 5.41) is 7.23. The maximum atomic E-state index is 6.02. The quantitative estimate of drug-likeness (QED) is 0.858. The molecule has 0 aliphatic heterocycles. The van der Waals surface area contributed by atoms with Gasteiger partial charge in [-0.1, -0.05) is 17.7 Å². The number of rotatable bonds is 6. The minimum absolute atomic E-state index is 0.696. The molecule has 0 aliphatic carbocycles. The second kappa shape index (κ2) is 7.24. The number of aromatic nitrogens is 2. The molecule has 0 saturated heterocycles. The lowest BCUT2D eigenvalue weighted by Gasteiger charge is -2.12. The van der Waals surface area contributed by atoms with E-state index in [1.807, 2.05) is 45.3 Å². The molecular weight excluding hydrogens is 286 g/mol. The van der Waals surface area contributed by atoms with Crippen LogP contribution in [0.5, 0.6) is 0 Å². The molecule has 112 valence electrons. The minimum atomic E-state index is 0.696. The first-order valence-corrected chi connectivity index (χ1v) is 7.16. The summed E-state index contributed by atoms with van der Waals surface area (Å²) < 4.78 is 0. The van der Waals surface area contributed by atoms with Gasteiger partial charge in [0.25, 0.3) is 0 Å². The third-order valence-corrected chi connectivity index (χ3v) is 3.23. The van der Waals surface area contributed by atoms with Crippen molar-refractivity contribution in [1.82, 2.24) is 14.9 Å². The van der Waals surface area contributed by atoms with Crippen LogP contribution in [0, 0.1) is 6.92 Å². The van der Waals surface area contributed by atoms with E-state index in [1.54, 1.807) is 6.33 Å². The van der Waals surface area contributed by atoms with Crippen molar-refractivity contribution in [2.45, 2.75) is 6.92 Å². The summed E-state index contributed by atoms with van der Waals surface area (Å²) in [5.74, 6) is 1.54. The molecule has 0 saturated carbocycles. The van der Waals surface area contributed by atoms with Gasteiger partial charge in [-0.3, -0.25) is 0 Å². The van der Waals surface area contributed by atoms with E-state index in [0.717, 1.165) is 36.0 Å². The largest absolute Gasteiger partial charge is 0.369 e. The van der Waals surface area contributed by atoms with Crippen molar-refractivity contribution < 1.29 is 0 Å². The van der Waals surface area contributed by atoms with Crippen molar-refractivity contribution >= 4 is 28.9 Å². The lowest BCUT2D eigenvalue weighted by Crippen LogP contribution is -2.21. The number of halogens is 1. The zero-order chi connectivity index (χ0) is 15.2. The molecule has 0 bridgehead atoms. The van der Waals surface area contributed by atoms with Crippen molar-refractivity contribution in [1.29, 1.82) is 0 Å². The highest BCUT2D eigenvalue weighted by atomic mass is 35.5. The van der Waals surface area contributed by atoms with E-state index in [0.29, 0.717) is 5.02 Å². The Bertz CT molecular complexity index is 600. The smallest absolute Gasteiger partial charge is 0.135 e. The van der Waals surface area contributed by atoms with E-state index in [4.69, 9.17) is 11.6 Å². The summed E-state index contributed by atoms with van der Waals surface area (Å²) in [7, 11) is 4.08. The van der Waals surface area contributed by atoms with Gasteiger partial charge in [0.2, 0.25) is 0 Å². The Morgan fingerprint density at radius 2 is 1.90 bits per heavy atom. The fourth-order valence-corrected chi connectivity index (χ4v) is 1.97. The summed E-state index contributed by atoms with van der Waals surface area (Å²) in [6.45, 7) is 3.80. The second-order valence-electron chi connectivity index (χ2n) is 5.10. The Morgan fingerprint density at radius 1 is 1.14 bits per heavy atom. The summed E-state index contributed by atoms with van der Waals surface area (Å²) >= 11 is 6.02. The summed E-state index contributed by atoms with van der Waals surface area (Å²) in [5.41, 5.74) is 2.06. The van der Waals surface area contributed by atoms with Crippen LogP contribution in [0.2, 0.25) is 5.02 Å². The molecule has 21 heavy (non-hydrogen) atoms. The van der Waals surface area contributed by atoms with Gasteiger partial charge >= 0.3 is 0 Å². The van der Waals surface area contributed by atoms with Gasteiger partial charge in [0.05, 0.1) is 0 Å². The van der Waals surface area contributed by atoms with Crippen LogP contribution in [0.25, 0.3) is 0 Å². The standard InChI is InChI=1S/C15H20ClN5/c1-11-4-5-12(16)8-13(11)20-15-9-14(18-10-19-15)17-6-7-21(2)3/h4-5,8-10H,6-7H2,1-3H3,(H2,17,18,19,20). The average molecular weight is 306 g/mol. The van der Waals surface area contributed by atoms with E-state index in [1.165, 1.54) is 0 Å². The molecule has 2 rings (SSSR count). The summed E-state index contributed by atoms with van der Waals surface area (Å²) in [6, 6.07) is 7.62. The van der Waals surface area contributed by atoms with Gasteiger partial charge in [0.1, 0.15) is 18.0 Å². The molecule has 1 aromatic heterocycles. The number of anilines is 3. The number of hydrogen-bond donors (Lipinski definition) is 2. The number of hydrogen-bond acceptors (Lipinski definition) is 5. The minimum Gasteiger partial charge on any atom is -0.369 e. The van der Waals surface area contributed by atoms with Crippen LogP contribution in [0.4, 0.5) is 17.3 Å². The van der Waals surface area contributed by atoms with Gasteiger partial charge in [0, 0.05) is 29.9 Å². The monoisotopic (exact) mass is 305 g/mol. The van der Waals surface area contributed by atoms with E-state index in [9.17, 15) is 0 Å². The SMILES string of the molecule is Cc1ccc(Cl)cc1Nc1cc(NCCN(C)C)ncn1. The third-order valence-electron chi connectivity index (χ3n) is 2.99. The van der Waals surface area contributed by atoms with Crippen molar-refractivity contribution in [3.8, 4) is 0 Å². The van der Waals surface area contributed by atoms with Crippen molar-refractivity contribution in [2.24, 2.45) is 0 Å². The fourth-order valence-electron chi connectivity index (χ4n) is 1.80. The molecule has 0 aliphatic rings. The number of nitrogens with zero attached hydrogens (tertiary/aromatic N) is 3. The van der Waals surface area contributed by atoms with Crippen LogP contribution in [-0.4, -0.2) is 42.1 Å². The van der Waals surface area contributed by atoms with E-state index in [2.05, 4.69) is 25.5 Å². The Kier molecular flexibility index (Phi) is 5.36. The Morgan fingerprint density at radius 3 is 2.67 bits per heavy atom. The topological polar surface area (TPSA) is 53.1 Å². The summed E-state index contributed by atoms with van der Waals surface area (Å²) in [4.78, 5) is 10.6. The van der Waals surface area contributed by atoms with Gasteiger partial charge in [-0.2, -0.15) is 0 Å². The highest BCUT2D eigenvalue weighted by Crippen LogP contribution is 2.23. The Labute approximate surface area is 130 Å². The van der Waals surface area contributed by atoms with Crippen molar-refractivity contribution in [2.75, 3.05) is 37.8 Å². The predicted molar refractivity (Wildman–Crippen MR) is 88.5 cm³/mol. The van der Waals surface area contributed by atoms with E-state index < -0.39 is 0 Å². The van der Waals surface area contributed by atoms with E-state index in [-0.39, 0.29) is 0 Å². The molecule has 1 aromatic carbocycles. The van der Waals surface area contributed by atoms with Gasteiger partial charge in [0.15, 0.2) is 0 Å². The zero-order valence-corrected chi connectivity index (χ0v) is 13.3. The van der Waals surface area contributed by atoms with Crippen LogP contribution < -0.4 is 10.6 Å². The molecule has 0 amide bonds. The molecule has 6 heteroatoms. The van der Waals surface area contributed by atoms with Gasteiger partial charge in [-0.15, -0.1) is 0 Å². The Hall–Kier alpha value is -1.85. The average Bonchev–Trinajstić information content (AvgIpc) is 2.43. The lowest BCUT2D eigenvalue weighted by molar-refractivity contribution is 0.425. The maximum absolute atomic E-state index is 6.02. The number of benzene rings is 1. The molecule has 2 aromatic rings. The van der Waals surface area contributed by atoms with Gasteiger partial charge in [-0.25, -0.2) is 9.97 Å². The second-order valence-corrected chi connectivity index (χ2v) is 5.54. The number of aryl methyl sites for hydroxylation is 1. The molecule has 1 heterocycles. The number of nitrogens with one attached hydrogen (secondary N) is 2. The highest BCUT2D eigenvalue weighted by Gasteiger charge is 2.03. The highest BCUT2D eigenvalue weighted by molar-refractivity contribution is 6.30. The molecule has 0 spiro atoms. The molecule has 0 fully saturated rings. The first kappa shape index (κ1) is 15.5. The first-order valence-electron chi connectivity index (χ1n) is 6.78. The van der Waals surface area contributed by atoms with Crippen molar-refractivity contribution in [3.05, 3.63) is 41.2 Å². The van der Waals surface area contributed by atoms with Crippen LogP contribution in [0.15, 0.2) is 30.6 Å². The van der Waals surface area contributed by atoms with Gasteiger partial charge in [-0.05, 0) is 38.7 Å². The fraction of sp³-hybridized carbons (Fsp3) is 0.333. The lowest BCUT2D eigenvalue weighted by atomic mass is 10.2. The normalized spacial score (nSPS) is 10.7. The third kappa shape index (κ3) is 4.88. The van der Waals surface area contributed by atoms with E-state index >= 15 is 0 Å². The van der Waals surface area contributed by atoms with Crippen LogP contribution in [0.1, 0.15) is 5.56 Å². The Balaban J connectivity index is 2.05. The zero-order valence-electron chi connectivity index (χ0n) is 12.5. The van der Waals surface area contributed by atoms with Gasteiger partial charge < -0.3 is 15.5 Å². The molecule has 0 radical (unpaired) electrons. The predicted octanol–water partition coefficient (Wildman–Crippen LogP) is 3.16. The molecule has 0 atom stereocenters. The first-order chi connectivity index (χ1) is 10.0. The van der Waals surface area contributed by atoms with Crippen molar-refractivity contribution in [3.63, 3.8) is 0 Å². The molecular formula is C15H20ClN5. The summed E-state index contributed by atoms with van der Waals surface area (Å²) in [6.07, 6.45) is 1.54. The number of likely N-dealkylation sites (N-methyl/N-ethyl adjacent to an activating group) is 1. The molecule has 5 nitrogen and oxygen atoms in total. The van der Waals surface area contributed by atoms with Crippen LogP contribution in [0.3, 0.4) is 0 Å². The van der Waals surface area contributed by atoms with Crippen LogP contribution >= 0.6 is 11.6 Å². The molecule has 0 unspecified atom stereocenters. The van der Waals surface area contributed by atoms with Crippen LogP contribution in [-0.2, 0) is 0 Å².